The maximum atomic E-state index is 9.44. The molecule has 0 atom stereocenters. The molecule has 0 fully saturated rings. The van der Waals surface area contributed by atoms with Gasteiger partial charge in [0.05, 0.1) is 6.61 Å². The highest BCUT2D eigenvalue weighted by atomic mass is 35.5. The summed E-state index contributed by atoms with van der Waals surface area (Å²) in [6, 6.07) is 6.11. The van der Waals surface area contributed by atoms with Gasteiger partial charge in [0.25, 0.3) is 0 Å². The predicted molar refractivity (Wildman–Crippen MR) is 79.4 cm³/mol. The van der Waals surface area contributed by atoms with E-state index >= 15 is 0 Å². The monoisotopic (exact) mass is 269 g/mol. The van der Waals surface area contributed by atoms with Gasteiger partial charge in [-0.25, -0.2) is 0 Å². The van der Waals surface area contributed by atoms with Crippen molar-refractivity contribution in [2.75, 3.05) is 11.4 Å². The predicted octanol–water partition coefficient (Wildman–Crippen LogP) is 4.24. The number of benzene rings is 1. The fraction of sp³-hybridized carbons (Fsp3) is 0.600. The van der Waals surface area contributed by atoms with Crippen LogP contribution in [0.1, 0.15) is 45.6 Å². The van der Waals surface area contributed by atoms with Crippen LogP contribution in [0.15, 0.2) is 18.2 Å². The van der Waals surface area contributed by atoms with E-state index in [1.807, 2.05) is 18.2 Å². The first-order valence-corrected chi connectivity index (χ1v) is 7.13. The summed E-state index contributed by atoms with van der Waals surface area (Å²) >= 11 is 6.08. The van der Waals surface area contributed by atoms with Crippen molar-refractivity contribution in [3.05, 3.63) is 28.8 Å². The average Bonchev–Trinajstić information content (AvgIpc) is 2.34. The molecule has 0 heterocycles. The van der Waals surface area contributed by atoms with Crippen molar-refractivity contribution in [1.82, 2.24) is 0 Å². The fourth-order valence-electron chi connectivity index (χ4n) is 2.13. The van der Waals surface area contributed by atoms with Crippen LogP contribution in [0, 0.1) is 0 Å². The average molecular weight is 270 g/mol. The Morgan fingerprint density at radius 3 is 2.56 bits per heavy atom. The Balaban J connectivity index is 2.93. The van der Waals surface area contributed by atoms with E-state index < -0.39 is 0 Å². The number of halogens is 1. The van der Waals surface area contributed by atoms with Crippen LogP contribution in [-0.4, -0.2) is 17.7 Å². The molecule has 0 unspecified atom stereocenters. The van der Waals surface area contributed by atoms with Gasteiger partial charge in [-0.05, 0) is 32.4 Å². The van der Waals surface area contributed by atoms with Crippen molar-refractivity contribution in [3.8, 4) is 0 Å². The first-order chi connectivity index (χ1) is 8.60. The Bertz CT molecular complexity index is 366. The van der Waals surface area contributed by atoms with Crippen LogP contribution in [0.4, 0.5) is 5.69 Å². The minimum atomic E-state index is 0.0590. The zero-order chi connectivity index (χ0) is 13.5. The van der Waals surface area contributed by atoms with Crippen LogP contribution in [0.5, 0.6) is 0 Å². The molecule has 1 aromatic rings. The van der Waals surface area contributed by atoms with Crippen molar-refractivity contribution in [3.63, 3.8) is 0 Å². The molecule has 1 aromatic carbocycles. The van der Waals surface area contributed by atoms with Crippen LogP contribution < -0.4 is 4.90 Å². The molecule has 0 saturated heterocycles. The molecule has 1 N–H and O–H groups in total. The van der Waals surface area contributed by atoms with Gasteiger partial charge in [-0.15, -0.1) is 0 Å². The summed E-state index contributed by atoms with van der Waals surface area (Å²) in [5.74, 6) is 0. The zero-order valence-corrected chi connectivity index (χ0v) is 12.4. The van der Waals surface area contributed by atoms with Crippen LogP contribution in [-0.2, 0) is 6.61 Å². The van der Waals surface area contributed by atoms with E-state index in [0.29, 0.717) is 6.04 Å². The highest BCUT2D eigenvalue weighted by Gasteiger charge is 2.14. The number of hydrogen-bond acceptors (Lipinski definition) is 2. The molecule has 18 heavy (non-hydrogen) atoms. The minimum Gasteiger partial charge on any atom is -0.392 e. The maximum Gasteiger partial charge on any atom is 0.0702 e. The number of unbranched alkanes of at least 4 members (excludes halogenated alkanes) is 2. The SMILES string of the molecule is CCCCCN(c1cc(Cl)ccc1CO)C(C)C. The lowest BCUT2D eigenvalue weighted by Gasteiger charge is -2.31. The third-order valence-corrected chi connectivity index (χ3v) is 3.39. The zero-order valence-electron chi connectivity index (χ0n) is 11.6. The van der Waals surface area contributed by atoms with Gasteiger partial charge >= 0.3 is 0 Å². The van der Waals surface area contributed by atoms with Crippen LogP contribution in [0.3, 0.4) is 0 Å². The molecule has 0 spiro atoms. The molecular formula is C15H24ClNO. The van der Waals surface area contributed by atoms with Crippen molar-refractivity contribution < 1.29 is 5.11 Å². The molecule has 1 rings (SSSR count). The molecule has 2 nitrogen and oxygen atoms in total. The Hall–Kier alpha value is -0.730. The van der Waals surface area contributed by atoms with Crippen LogP contribution in [0.2, 0.25) is 5.02 Å². The van der Waals surface area contributed by atoms with Crippen molar-refractivity contribution in [2.45, 2.75) is 52.7 Å². The Kier molecular flexibility index (Phi) is 6.51. The number of anilines is 1. The highest BCUT2D eigenvalue weighted by Crippen LogP contribution is 2.27. The second kappa shape index (κ2) is 7.65. The summed E-state index contributed by atoms with van der Waals surface area (Å²) in [7, 11) is 0. The first-order valence-electron chi connectivity index (χ1n) is 6.76. The topological polar surface area (TPSA) is 23.5 Å². The molecule has 0 aliphatic carbocycles. The molecule has 0 aromatic heterocycles. The number of rotatable bonds is 7. The highest BCUT2D eigenvalue weighted by molar-refractivity contribution is 6.30. The number of hydrogen-bond donors (Lipinski definition) is 1. The first kappa shape index (κ1) is 15.3. The Morgan fingerprint density at radius 1 is 1.28 bits per heavy atom. The lowest BCUT2D eigenvalue weighted by atomic mass is 10.1. The summed E-state index contributed by atoms with van der Waals surface area (Å²) < 4.78 is 0. The van der Waals surface area contributed by atoms with Crippen LogP contribution in [0.25, 0.3) is 0 Å². The van der Waals surface area contributed by atoms with E-state index in [1.165, 1.54) is 19.3 Å². The Morgan fingerprint density at radius 2 is 2.00 bits per heavy atom. The quantitative estimate of drug-likeness (QED) is 0.749. The van der Waals surface area contributed by atoms with Crippen LogP contribution >= 0.6 is 11.6 Å². The van der Waals surface area contributed by atoms with Gasteiger partial charge in [-0.3, -0.25) is 0 Å². The minimum absolute atomic E-state index is 0.0590. The molecule has 0 aliphatic heterocycles. The molecule has 3 heteroatoms. The van der Waals surface area contributed by atoms with E-state index in [2.05, 4.69) is 25.7 Å². The summed E-state index contributed by atoms with van der Waals surface area (Å²) in [6.45, 7) is 7.63. The maximum absolute atomic E-state index is 9.44. The standard InChI is InChI=1S/C15H24ClNO/c1-4-5-6-9-17(12(2)3)15-10-14(16)8-7-13(15)11-18/h7-8,10,12,18H,4-6,9,11H2,1-3H3. The van der Waals surface area contributed by atoms with Gasteiger partial charge in [0.2, 0.25) is 0 Å². The third kappa shape index (κ3) is 4.18. The van der Waals surface area contributed by atoms with Crippen molar-refractivity contribution in [2.24, 2.45) is 0 Å². The number of nitrogens with zero attached hydrogens (tertiary/aromatic N) is 1. The van der Waals surface area contributed by atoms with Gasteiger partial charge in [0, 0.05) is 28.9 Å². The largest absolute Gasteiger partial charge is 0.392 e. The summed E-state index contributed by atoms with van der Waals surface area (Å²) in [5, 5.41) is 10.2. The van der Waals surface area contributed by atoms with Gasteiger partial charge in [0.1, 0.15) is 0 Å². The lowest BCUT2D eigenvalue weighted by molar-refractivity contribution is 0.282. The van der Waals surface area contributed by atoms with Gasteiger partial charge in [-0.2, -0.15) is 0 Å². The normalized spacial score (nSPS) is 11.0. The Labute approximate surface area is 116 Å². The third-order valence-electron chi connectivity index (χ3n) is 3.15. The van der Waals surface area contributed by atoms with Gasteiger partial charge < -0.3 is 10.0 Å². The summed E-state index contributed by atoms with van der Waals surface area (Å²) in [4.78, 5) is 2.33. The van der Waals surface area contributed by atoms with E-state index in [9.17, 15) is 5.11 Å². The smallest absolute Gasteiger partial charge is 0.0702 e. The fourth-order valence-corrected chi connectivity index (χ4v) is 2.29. The molecule has 0 amide bonds. The molecular weight excluding hydrogens is 246 g/mol. The van der Waals surface area contributed by atoms with Crippen molar-refractivity contribution >= 4 is 17.3 Å². The number of aliphatic hydroxyl groups is 1. The molecule has 0 aliphatic rings. The van der Waals surface area contributed by atoms with E-state index in [0.717, 1.165) is 22.8 Å². The second-order valence-corrected chi connectivity index (χ2v) is 5.36. The molecule has 102 valence electrons. The molecule has 0 bridgehead atoms. The molecule has 0 radical (unpaired) electrons. The lowest BCUT2D eigenvalue weighted by Crippen LogP contribution is -2.32. The van der Waals surface area contributed by atoms with E-state index in [-0.39, 0.29) is 6.61 Å². The van der Waals surface area contributed by atoms with Gasteiger partial charge in [-0.1, -0.05) is 37.4 Å². The van der Waals surface area contributed by atoms with Crippen molar-refractivity contribution in [1.29, 1.82) is 0 Å². The van der Waals surface area contributed by atoms with Gasteiger partial charge in [0.15, 0.2) is 0 Å². The second-order valence-electron chi connectivity index (χ2n) is 4.93. The number of aliphatic hydroxyl groups excluding tert-OH is 1. The summed E-state index contributed by atoms with van der Waals surface area (Å²) in [6.07, 6.45) is 3.62. The summed E-state index contributed by atoms with van der Waals surface area (Å²) in [5.41, 5.74) is 2.01. The van der Waals surface area contributed by atoms with E-state index in [1.54, 1.807) is 0 Å². The molecule has 0 saturated carbocycles. The van der Waals surface area contributed by atoms with E-state index in [4.69, 9.17) is 11.6 Å².